The van der Waals surface area contributed by atoms with E-state index >= 15 is 0 Å². The topological polar surface area (TPSA) is 41.9 Å². The number of aliphatic imine (C=N–C) groups is 1. The van der Waals surface area contributed by atoms with Crippen LogP contribution in [-0.4, -0.2) is 34.7 Å². The van der Waals surface area contributed by atoms with Crippen LogP contribution in [0.15, 0.2) is 28.1 Å². The van der Waals surface area contributed by atoms with Gasteiger partial charge in [0.15, 0.2) is 5.17 Å². The Bertz CT molecular complexity index is 763. The minimum Gasteiger partial charge on any atom is -0.480 e. The monoisotopic (exact) mass is 468 g/mol. The van der Waals surface area contributed by atoms with Gasteiger partial charge in [0.25, 0.3) is 5.91 Å². The predicted octanol–water partition coefficient (Wildman–Crippen LogP) is 4.39. The van der Waals surface area contributed by atoms with Gasteiger partial charge >= 0.3 is 0 Å². The van der Waals surface area contributed by atoms with Crippen molar-refractivity contribution >= 4 is 51.5 Å². The van der Waals surface area contributed by atoms with E-state index in [2.05, 4.69) is 33.5 Å². The summed E-state index contributed by atoms with van der Waals surface area (Å²) in [7, 11) is 0. The molecule has 0 N–H and O–H groups in total. The molecule has 4 nitrogen and oxygen atoms in total. The minimum absolute atomic E-state index is 0.00191. The number of halogens is 1. The molecule has 25 heavy (non-hydrogen) atoms. The van der Waals surface area contributed by atoms with Crippen molar-refractivity contribution in [1.82, 2.24) is 4.90 Å². The Balaban J connectivity index is 2.30. The number of hydrogen-bond donors (Lipinski definition) is 0. The van der Waals surface area contributed by atoms with E-state index in [1.54, 1.807) is 4.90 Å². The molecule has 1 heterocycles. The average molecular weight is 468 g/mol. The fraction of sp³-hybridized carbons (Fsp3) is 0.368. The quantitative estimate of drug-likeness (QED) is 0.366. The second kappa shape index (κ2) is 8.77. The van der Waals surface area contributed by atoms with Crippen molar-refractivity contribution in [3.8, 4) is 18.1 Å². The van der Waals surface area contributed by atoms with Crippen LogP contribution in [0.3, 0.4) is 0 Å². The second-order valence-corrected chi connectivity index (χ2v) is 8.24. The van der Waals surface area contributed by atoms with Crippen LogP contribution in [-0.2, 0) is 4.79 Å². The highest BCUT2D eigenvalue weighted by molar-refractivity contribution is 14.1. The summed E-state index contributed by atoms with van der Waals surface area (Å²) < 4.78 is 6.43. The van der Waals surface area contributed by atoms with Gasteiger partial charge in [-0.2, -0.15) is 0 Å². The molecule has 2 rings (SSSR count). The molecule has 1 fully saturated rings. The number of ether oxygens (including phenoxy) is 1. The minimum atomic E-state index is 0.00191. The number of nitrogens with zero attached hydrogens (tertiary/aromatic N) is 2. The highest BCUT2D eigenvalue weighted by Gasteiger charge is 2.35. The van der Waals surface area contributed by atoms with Crippen molar-refractivity contribution in [2.24, 2.45) is 4.99 Å². The zero-order valence-electron chi connectivity index (χ0n) is 14.7. The van der Waals surface area contributed by atoms with Gasteiger partial charge in [0, 0.05) is 12.1 Å². The van der Waals surface area contributed by atoms with Crippen LogP contribution in [0.25, 0.3) is 6.08 Å². The molecule has 6 heteroatoms. The maximum atomic E-state index is 12.7. The van der Waals surface area contributed by atoms with Crippen LogP contribution < -0.4 is 4.74 Å². The first kappa shape index (κ1) is 19.9. The Labute approximate surface area is 167 Å². The molecular weight excluding hydrogens is 447 g/mol. The number of benzene rings is 1. The van der Waals surface area contributed by atoms with E-state index in [-0.39, 0.29) is 24.6 Å². The van der Waals surface area contributed by atoms with Gasteiger partial charge in [0.05, 0.1) is 8.48 Å². The fourth-order valence-corrected chi connectivity index (χ4v) is 4.18. The molecule has 1 aliphatic heterocycles. The number of amides is 1. The number of hydrogen-bond acceptors (Lipinski definition) is 4. The third-order valence-electron chi connectivity index (χ3n) is 3.29. The largest absolute Gasteiger partial charge is 0.480 e. The van der Waals surface area contributed by atoms with Crippen LogP contribution in [0.5, 0.6) is 5.75 Å². The fourth-order valence-electron chi connectivity index (χ4n) is 2.25. The zero-order valence-corrected chi connectivity index (χ0v) is 17.7. The van der Waals surface area contributed by atoms with Crippen molar-refractivity contribution in [2.75, 3.05) is 6.61 Å². The summed E-state index contributed by atoms with van der Waals surface area (Å²) >= 11 is 3.63. The van der Waals surface area contributed by atoms with E-state index < -0.39 is 0 Å². The third-order valence-corrected chi connectivity index (χ3v) is 5.13. The zero-order chi connectivity index (χ0) is 18.6. The molecule has 1 aromatic rings. The Morgan fingerprint density at radius 3 is 2.68 bits per heavy atom. The third kappa shape index (κ3) is 5.02. The SMILES string of the molecule is C#CCOc1ccc(/C=C2/SC(=NC(C)C)N(C(C)C)C2=O)cc1I. The Hall–Kier alpha value is -1.46. The number of terminal acetylenes is 1. The van der Waals surface area contributed by atoms with Crippen LogP contribution >= 0.6 is 34.4 Å². The first-order valence-corrected chi connectivity index (χ1v) is 9.89. The van der Waals surface area contributed by atoms with Gasteiger partial charge in [-0.1, -0.05) is 12.0 Å². The first-order chi connectivity index (χ1) is 11.8. The summed E-state index contributed by atoms with van der Waals surface area (Å²) in [6.45, 7) is 8.25. The van der Waals surface area contributed by atoms with E-state index in [1.807, 2.05) is 52.0 Å². The maximum absolute atomic E-state index is 12.7. The lowest BCUT2D eigenvalue weighted by Crippen LogP contribution is -2.35. The summed E-state index contributed by atoms with van der Waals surface area (Å²) in [5.41, 5.74) is 0.947. The lowest BCUT2D eigenvalue weighted by atomic mass is 10.2. The molecule has 0 radical (unpaired) electrons. The van der Waals surface area contributed by atoms with Crippen molar-refractivity contribution in [3.05, 3.63) is 32.2 Å². The van der Waals surface area contributed by atoms with E-state index in [9.17, 15) is 4.79 Å². The molecule has 132 valence electrons. The van der Waals surface area contributed by atoms with Gasteiger partial charge in [0.1, 0.15) is 12.4 Å². The average Bonchev–Trinajstić information content (AvgIpc) is 2.81. The highest BCUT2D eigenvalue weighted by atomic mass is 127. The maximum Gasteiger partial charge on any atom is 0.266 e. The van der Waals surface area contributed by atoms with Gasteiger partial charge in [-0.3, -0.25) is 14.7 Å². The molecule has 0 aliphatic carbocycles. The van der Waals surface area contributed by atoms with Crippen LogP contribution in [0.2, 0.25) is 0 Å². The molecule has 0 spiro atoms. The molecule has 0 bridgehead atoms. The first-order valence-electron chi connectivity index (χ1n) is 8.00. The summed E-state index contributed by atoms with van der Waals surface area (Å²) in [5.74, 6) is 3.20. The molecule has 0 unspecified atom stereocenters. The molecule has 0 atom stereocenters. The number of thioether (sulfide) groups is 1. The number of amidine groups is 1. The molecule has 1 saturated heterocycles. The van der Waals surface area contributed by atoms with Gasteiger partial charge < -0.3 is 4.74 Å². The van der Waals surface area contributed by atoms with Crippen LogP contribution in [0.1, 0.15) is 33.3 Å². The second-order valence-electron chi connectivity index (χ2n) is 6.07. The standard InChI is InChI=1S/C19H21IN2O2S/c1-6-9-24-16-8-7-14(10-15(16)20)11-17-18(23)22(13(4)5)19(25-17)21-12(2)3/h1,7-8,10-13H,9H2,2-5H3/b17-11+,21-19?. The number of rotatable bonds is 5. The summed E-state index contributed by atoms with van der Waals surface area (Å²) in [6, 6.07) is 5.99. The van der Waals surface area contributed by atoms with Gasteiger partial charge in [-0.15, -0.1) is 6.42 Å². The van der Waals surface area contributed by atoms with E-state index in [1.165, 1.54) is 11.8 Å². The molecule has 1 aromatic carbocycles. The van der Waals surface area contributed by atoms with Crippen LogP contribution in [0, 0.1) is 15.9 Å². The Kier molecular flexibility index (Phi) is 6.96. The van der Waals surface area contributed by atoms with Crippen molar-refractivity contribution < 1.29 is 9.53 Å². The molecule has 1 aliphatic rings. The van der Waals surface area contributed by atoms with E-state index in [0.29, 0.717) is 4.91 Å². The van der Waals surface area contributed by atoms with Crippen molar-refractivity contribution in [2.45, 2.75) is 39.8 Å². The van der Waals surface area contributed by atoms with Crippen molar-refractivity contribution in [3.63, 3.8) is 0 Å². The molecular formula is C19H21IN2O2S. The predicted molar refractivity (Wildman–Crippen MR) is 114 cm³/mol. The molecule has 0 aromatic heterocycles. The van der Waals surface area contributed by atoms with Crippen LogP contribution in [0.4, 0.5) is 0 Å². The normalized spacial score (nSPS) is 17.8. The van der Waals surface area contributed by atoms with E-state index in [4.69, 9.17) is 11.2 Å². The Morgan fingerprint density at radius 1 is 1.40 bits per heavy atom. The number of carbonyl (C=O) groups excluding carboxylic acids is 1. The van der Waals surface area contributed by atoms with Gasteiger partial charge in [-0.25, -0.2) is 0 Å². The van der Waals surface area contributed by atoms with Crippen molar-refractivity contribution in [1.29, 1.82) is 0 Å². The summed E-state index contributed by atoms with van der Waals surface area (Å²) in [4.78, 5) is 19.8. The highest BCUT2D eigenvalue weighted by Crippen LogP contribution is 2.35. The summed E-state index contributed by atoms with van der Waals surface area (Å²) in [5, 5.41) is 0.768. The lowest BCUT2D eigenvalue weighted by molar-refractivity contribution is -0.123. The molecule has 0 saturated carbocycles. The van der Waals surface area contributed by atoms with Gasteiger partial charge in [0.2, 0.25) is 0 Å². The number of carbonyl (C=O) groups is 1. The smallest absolute Gasteiger partial charge is 0.266 e. The lowest BCUT2D eigenvalue weighted by Gasteiger charge is -2.20. The Morgan fingerprint density at radius 2 is 2.12 bits per heavy atom. The molecule has 1 amide bonds. The summed E-state index contributed by atoms with van der Waals surface area (Å²) in [6.07, 6.45) is 7.12. The van der Waals surface area contributed by atoms with Gasteiger partial charge in [-0.05, 0) is 85.8 Å². The van der Waals surface area contributed by atoms with E-state index in [0.717, 1.165) is 20.1 Å².